The molecule has 0 heterocycles. The Morgan fingerprint density at radius 2 is 1.81 bits per heavy atom. The van der Waals surface area contributed by atoms with Crippen molar-refractivity contribution in [2.24, 2.45) is 0 Å². The molecule has 0 aliphatic rings. The zero-order valence-electron chi connectivity index (χ0n) is 14.4. The van der Waals surface area contributed by atoms with Crippen LogP contribution >= 0.6 is 11.6 Å². The highest BCUT2D eigenvalue weighted by atomic mass is 35.5. The molecule has 7 heteroatoms. The van der Waals surface area contributed by atoms with Crippen molar-refractivity contribution in [2.45, 2.75) is 32.7 Å². The molecule has 2 rings (SSSR count). The Morgan fingerprint density at radius 1 is 1.08 bits per heavy atom. The second-order valence-corrected chi connectivity index (χ2v) is 6.53. The van der Waals surface area contributed by atoms with Gasteiger partial charge in [0.2, 0.25) is 5.91 Å². The van der Waals surface area contributed by atoms with Gasteiger partial charge >= 0.3 is 0 Å². The largest absolute Gasteiger partial charge is 0.350 e. The van der Waals surface area contributed by atoms with E-state index in [4.69, 9.17) is 11.6 Å². The highest BCUT2D eigenvalue weighted by Crippen LogP contribution is 2.23. The van der Waals surface area contributed by atoms with Crippen LogP contribution in [0.1, 0.15) is 36.2 Å². The summed E-state index contributed by atoms with van der Waals surface area (Å²) < 4.78 is 26.1. The smallest absolute Gasteiger partial charge is 0.251 e. The van der Waals surface area contributed by atoms with Gasteiger partial charge in [-0.25, -0.2) is 8.78 Å². The van der Waals surface area contributed by atoms with Gasteiger partial charge in [0.15, 0.2) is 11.6 Å². The van der Waals surface area contributed by atoms with Crippen LogP contribution < -0.4 is 10.6 Å². The zero-order valence-corrected chi connectivity index (χ0v) is 15.2. The molecule has 0 aliphatic heterocycles. The van der Waals surface area contributed by atoms with Crippen molar-refractivity contribution >= 4 is 29.1 Å². The van der Waals surface area contributed by atoms with Gasteiger partial charge in [0.05, 0.1) is 10.7 Å². The molecule has 0 fully saturated rings. The summed E-state index contributed by atoms with van der Waals surface area (Å²) in [6, 6.07) is 8.08. The third kappa shape index (κ3) is 5.52. The minimum Gasteiger partial charge on any atom is -0.350 e. The van der Waals surface area contributed by atoms with Crippen LogP contribution in [0.15, 0.2) is 36.4 Å². The number of hydrogen-bond donors (Lipinski definition) is 2. The molecule has 0 saturated carbocycles. The van der Waals surface area contributed by atoms with Gasteiger partial charge in [-0.05, 0) is 56.2 Å². The van der Waals surface area contributed by atoms with Crippen LogP contribution in [-0.4, -0.2) is 17.9 Å². The van der Waals surface area contributed by atoms with E-state index in [1.54, 1.807) is 6.07 Å². The van der Waals surface area contributed by atoms with Crippen LogP contribution in [0.5, 0.6) is 0 Å². The molecule has 26 heavy (non-hydrogen) atoms. The predicted octanol–water partition coefficient (Wildman–Crippen LogP) is 4.33. The number of benzene rings is 2. The summed E-state index contributed by atoms with van der Waals surface area (Å²) in [6.45, 7) is 3.68. The Hall–Kier alpha value is -2.47. The number of aryl methyl sites for hydroxylation is 1. The first-order valence-electron chi connectivity index (χ1n) is 8.10. The molecule has 138 valence electrons. The second kappa shape index (κ2) is 8.76. The van der Waals surface area contributed by atoms with Crippen LogP contribution in [0.3, 0.4) is 0 Å². The van der Waals surface area contributed by atoms with E-state index in [2.05, 4.69) is 10.6 Å². The van der Waals surface area contributed by atoms with E-state index >= 15 is 0 Å². The average molecular weight is 381 g/mol. The van der Waals surface area contributed by atoms with Gasteiger partial charge in [-0.15, -0.1) is 0 Å². The molecule has 0 spiro atoms. The Labute approximate surface area is 155 Å². The molecular weight excluding hydrogens is 362 g/mol. The van der Waals surface area contributed by atoms with Crippen molar-refractivity contribution < 1.29 is 18.4 Å². The fourth-order valence-electron chi connectivity index (χ4n) is 2.27. The molecule has 2 amide bonds. The van der Waals surface area contributed by atoms with Crippen molar-refractivity contribution in [1.29, 1.82) is 0 Å². The van der Waals surface area contributed by atoms with E-state index in [0.29, 0.717) is 21.8 Å². The maximum absolute atomic E-state index is 13.2. The van der Waals surface area contributed by atoms with Crippen LogP contribution in [-0.2, 0) is 11.2 Å². The summed E-state index contributed by atoms with van der Waals surface area (Å²) in [5, 5.41) is 5.69. The first-order valence-corrected chi connectivity index (χ1v) is 8.48. The molecule has 0 bridgehead atoms. The van der Waals surface area contributed by atoms with Crippen LogP contribution in [0.2, 0.25) is 5.02 Å². The van der Waals surface area contributed by atoms with Crippen LogP contribution in [0.25, 0.3) is 0 Å². The lowest BCUT2D eigenvalue weighted by atomic mass is 10.1. The third-order valence-corrected chi connectivity index (χ3v) is 3.88. The lowest BCUT2D eigenvalue weighted by Gasteiger charge is -2.11. The van der Waals surface area contributed by atoms with Crippen molar-refractivity contribution in [3.05, 3.63) is 64.2 Å². The van der Waals surface area contributed by atoms with Crippen LogP contribution in [0.4, 0.5) is 14.5 Å². The summed E-state index contributed by atoms with van der Waals surface area (Å²) in [6.07, 6.45) is 0.304. The number of nitrogens with one attached hydrogen (secondary N) is 2. The lowest BCUT2D eigenvalue weighted by molar-refractivity contribution is -0.116. The minimum atomic E-state index is -0.949. The fourth-order valence-corrected chi connectivity index (χ4v) is 2.44. The van der Waals surface area contributed by atoms with Gasteiger partial charge in [0.1, 0.15) is 0 Å². The second-order valence-electron chi connectivity index (χ2n) is 6.12. The Kier molecular flexibility index (Phi) is 6.69. The lowest BCUT2D eigenvalue weighted by Crippen LogP contribution is -2.30. The van der Waals surface area contributed by atoms with Gasteiger partial charge in [-0.2, -0.15) is 0 Å². The van der Waals surface area contributed by atoms with Gasteiger partial charge in [-0.1, -0.05) is 17.7 Å². The Bertz CT molecular complexity index is 825. The zero-order chi connectivity index (χ0) is 19.3. The molecule has 4 nitrogen and oxygen atoms in total. The van der Waals surface area contributed by atoms with Gasteiger partial charge < -0.3 is 10.6 Å². The maximum Gasteiger partial charge on any atom is 0.251 e. The van der Waals surface area contributed by atoms with Gasteiger partial charge in [0.25, 0.3) is 5.91 Å². The molecule has 2 aromatic carbocycles. The number of carbonyl (C=O) groups excluding carboxylic acids is 2. The van der Waals surface area contributed by atoms with Crippen molar-refractivity contribution in [2.75, 3.05) is 5.32 Å². The Balaban J connectivity index is 2.01. The molecule has 0 aliphatic carbocycles. The predicted molar refractivity (Wildman–Crippen MR) is 97.4 cm³/mol. The van der Waals surface area contributed by atoms with Gasteiger partial charge in [0, 0.05) is 18.0 Å². The molecule has 0 radical (unpaired) electrons. The Morgan fingerprint density at radius 3 is 2.46 bits per heavy atom. The van der Waals surface area contributed by atoms with E-state index in [1.807, 2.05) is 13.8 Å². The number of hydrogen-bond acceptors (Lipinski definition) is 2. The summed E-state index contributed by atoms with van der Waals surface area (Å²) in [4.78, 5) is 24.2. The summed E-state index contributed by atoms with van der Waals surface area (Å²) in [7, 11) is 0. The third-order valence-electron chi connectivity index (χ3n) is 3.55. The summed E-state index contributed by atoms with van der Waals surface area (Å²) in [5.41, 5.74) is 1.20. The molecule has 0 saturated heterocycles. The molecule has 2 N–H and O–H groups in total. The van der Waals surface area contributed by atoms with Gasteiger partial charge in [-0.3, -0.25) is 9.59 Å². The number of anilines is 1. The van der Waals surface area contributed by atoms with E-state index in [0.717, 1.165) is 12.1 Å². The number of halogens is 3. The van der Waals surface area contributed by atoms with E-state index in [-0.39, 0.29) is 30.7 Å². The van der Waals surface area contributed by atoms with Crippen LogP contribution in [0, 0.1) is 11.6 Å². The van der Waals surface area contributed by atoms with Crippen molar-refractivity contribution in [3.63, 3.8) is 0 Å². The highest BCUT2D eigenvalue weighted by Gasteiger charge is 2.12. The molecule has 2 aromatic rings. The number of carbonyl (C=O) groups is 2. The SMILES string of the molecule is CC(C)NC(=O)c1ccc(Cl)c(NC(=O)CCc2ccc(F)c(F)c2)c1. The standard InChI is InChI=1S/C19H19ClF2N2O2/c1-11(2)23-19(26)13-5-6-14(20)17(10-13)24-18(25)8-4-12-3-7-15(21)16(22)9-12/h3,5-7,9-11H,4,8H2,1-2H3,(H,23,26)(H,24,25). The first-order chi connectivity index (χ1) is 12.3. The quantitative estimate of drug-likeness (QED) is 0.783. The molecule has 0 unspecified atom stereocenters. The monoisotopic (exact) mass is 380 g/mol. The molecule has 0 atom stereocenters. The maximum atomic E-state index is 13.2. The summed E-state index contributed by atoms with van der Waals surface area (Å²) in [5.74, 6) is -2.50. The molecule has 0 aromatic heterocycles. The summed E-state index contributed by atoms with van der Waals surface area (Å²) >= 11 is 6.07. The van der Waals surface area contributed by atoms with Crippen molar-refractivity contribution in [3.8, 4) is 0 Å². The fraction of sp³-hybridized carbons (Fsp3) is 0.263. The topological polar surface area (TPSA) is 58.2 Å². The first kappa shape index (κ1) is 19.8. The highest BCUT2D eigenvalue weighted by molar-refractivity contribution is 6.33. The van der Waals surface area contributed by atoms with E-state index in [1.165, 1.54) is 18.2 Å². The number of amides is 2. The van der Waals surface area contributed by atoms with E-state index in [9.17, 15) is 18.4 Å². The number of rotatable bonds is 6. The minimum absolute atomic E-state index is 0.0210. The molecular formula is C19H19ClF2N2O2. The van der Waals surface area contributed by atoms with E-state index < -0.39 is 11.6 Å². The average Bonchev–Trinajstić information content (AvgIpc) is 2.57. The normalized spacial score (nSPS) is 10.7. The van der Waals surface area contributed by atoms with Crippen molar-refractivity contribution in [1.82, 2.24) is 5.32 Å².